The molecule has 32 heavy (non-hydrogen) atoms. The van der Waals surface area contributed by atoms with Crippen molar-refractivity contribution in [2.45, 2.75) is 33.7 Å². The average Bonchev–Trinajstić information content (AvgIpc) is 2.99. The predicted octanol–water partition coefficient (Wildman–Crippen LogP) is 5.26. The van der Waals surface area contributed by atoms with Crippen molar-refractivity contribution >= 4 is 52.8 Å². The lowest BCUT2D eigenvalue weighted by atomic mass is 9.92. The first-order chi connectivity index (χ1) is 15.2. The van der Waals surface area contributed by atoms with Crippen LogP contribution in [0.3, 0.4) is 0 Å². The Morgan fingerprint density at radius 3 is 2.41 bits per heavy atom. The summed E-state index contributed by atoms with van der Waals surface area (Å²) < 4.78 is 6.71. The largest absolute Gasteiger partial charge is 0.452 e. The number of nitrogens with zero attached hydrogens (tertiary/aromatic N) is 3. The van der Waals surface area contributed by atoms with E-state index in [0.717, 1.165) is 6.42 Å². The van der Waals surface area contributed by atoms with Crippen LogP contribution in [-0.2, 0) is 20.9 Å². The van der Waals surface area contributed by atoms with Crippen LogP contribution in [0.2, 0.25) is 15.2 Å². The molecule has 0 bridgehead atoms. The highest BCUT2D eigenvalue weighted by atomic mass is 35.5. The standard InChI is InChI=1S/C23H26Cl3N3O3/c1-14-9-15(2)11-28(10-14)21(30)13-32-22(31)8-7-17-16(3)27-29(23(17)26)12-18-19(24)5-4-6-20(18)25/h4-8,14-15H,9-13H2,1-3H3. The molecule has 1 aliphatic rings. The van der Waals surface area contributed by atoms with Crippen LogP contribution in [-0.4, -0.2) is 46.3 Å². The van der Waals surface area contributed by atoms with Crippen LogP contribution in [0.1, 0.15) is 37.1 Å². The van der Waals surface area contributed by atoms with Gasteiger partial charge in [-0.15, -0.1) is 0 Å². The molecule has 2 unspecified atom stereocenters. The molecule has 1 aliphatic heterocycles. The van der Waals surface area contributed by atoms with Crippen LogP contribution in [0.25, 0.3) is 6.08 Å². The van der Waals surface area contributed by atoms with Gasteiger partial charge < -0.3 is 9.64 Å². The van der Waals surface area contributed by atoms with Crippen molar-refractivity contribution in [2.24, 2.45) is 11.8 Å². The molecule has 0 saturated carbocycles. The summed E-state index contributed by atoms with van der Waals surface area (Å²) in [7, 11) is 0. The number of aryl methyl sites for hydroxylation is 1. The highest BCUT2D eigenvalue weighted by molar-refractivity contribution is 6.36. The van der Waals surface area contributed by atoms with Crippen LogP contribution in [0.5, 0.6) is 0 Å². The Balaban J connectivity index is 1.61. The highest BCUT2D eigenvalue weighted by Crippen LogP contribution is 2.28. The SMILES string of the molecule is Cc1nn(Cc2c(Cl)cccc2Cl)c(Cl)c1C=CC(=O)OCC(=O)N1CC(C)CC(C)C1. The molecular formula is C23H26Cl3N3O3. The number of benzene rings is 1. The van der Waals surface area contributed by atoms with E-state index in [0.29, 0.717) is 56.9 Å². The van der Waals surface area contributed by atoms with Gasteiger partial charge in [0.15, 0.2) is 6.61 Å². The number of esters is 1. The average molecular weight is 499 g/mol. The van der Waals surface area contributed by atoms with Gasteiger partial charge in [0.05, 0.1) is 12.2 Å². The van der Waals surface area contributed by atoms with Gasteiger partial charge in [-0.25, -0.2) is 9.48 Å². The van der Waals surface area contributed by atoms with E-state index in [1.807, 2.05) is 0 Å². The fraction of sp³-hybridized carbons (Fsp3) is 0.435. The van der Waals surface area contributed by atoms with E-state index in [4.69, 9.17) is 39.5 Å². The Hall–Kier alpha value is -2.02. The molecule has 0 N–H and O–H groups in total. The number of hydrogen-bond acceptors (Lipinski definition) is 4. The fourth-order valence-corrected chi connectivity index (χ4v) is 4.80. The second-order valence-electron chi connectivity index (χ2n) is 8.33. The smallest absolute Gasteiger partial charge is 0.331 e. The van der Waals surface area contributed by atoms with E-state index < -0.39 is 5.97 Å². The summed E-state index contributed by atoms with van der Waals surface area (Å²) in [5, 5.41) is 5.80. The Kier molecular flexibility index (Phi) is 8.26. The van der Waals surface area contributed by atoms with Crippen molar-refractivity contribution in [3.63, 3.8) is 0 Å². The normalized spacial score (nSPS) is 18.9. The number of aromatic nitrogens is 2. The third-order valence-corrected chi connectivity index (χ3v) is 6.53. The molecule has 6 nitrogen and oxygen atoms in total. The van der Waals surface area contributed by atoms with Crippen LogP contribution in [0, 0.1) is 18.8 Å². The minimum atomic E-state index is -0.617. The molecule has 1 aromatic heterocycles. The minimum Gasteiger partial charge on any atom is -0.452 e. The second kappa shape index (κ2) is 10.7. The lowest BCUT2D eigenvalue weighted by Crippen LogP contribution is -2.44. The molecule has 1 aromatic carbocycles. The first-order valence-electron chi connectivity index (χ1n) is 10.4. The number of likely N-dealkylation sites (tertiary alicyclic amines) is 1. The molecule has 1 saturated heterocycles. The first-order valence-corrected chi connectivity index (χ1v) is 11.6. The molecule has 1 amide bonds. The number of hydrogen-bond donors (Lipinski definition) is 0. The number of halogens is 3. The number of ether oxygens (including phenoxy) is 1. The molecule has 9 heteroatoms. The van der Waals surface area contributed by atoms with E-state index in [1.54, 1.807) is 34.7 Å². The molecule has 3 rings (SSSR count). The zero-order valence-corrected chi connectivity index (χ0v) is 20.5. The van der Waals surface area contributed by atoms with Crippen molar-refractivity contribution in [1.29, 1.82) is 0 Å². The van der Waals surface area contributed by atoms with E-state index in [1.165, 1.54) is 12.2 Å². The van der Waals surface area contributed by atoms with E-state index in [-0.39, 0.29) is 19.1 Å². The van der Waals surface area contributed by atoms with Crippen LogP contribution in [0.15, 0.2) is 24.3 Å². The molecule has 2 heterocycles. The van der Waals surface area contributed by atoms with Gasteiger partial charge in [0, 0.05) is 40.3 Å². The van der Waals surface area contributed by atoms with Crippen molar-refractivity contribution < 1.29 is 14.3 Å². The lowest BCUT2D eigenvalue weighted by Gasteiger charge is -2.34. The quantitative estimate of drug-likeness (QED) is 0.402. The van der Waals surface area contributed by atoms with Gasteiger partial charge in [0.1, 0.15) is 5.15 Å². The molecule has 2 aromatic rings. The number of rotatable bonds is 6. The second-order valence-corrected chi connectivity index (χ2v) is 9.51. The molecule has 1 fully saturated rings. The predicted molar refractivity (Wildman–Crippen MR) is 127 cm³/mol. The Labute approximate surface area is 203 Å². The zero-order chi connectivity index (χ0) is 23.4. The Bertz CT molecular complexity index is 1000. The maximum atomic E-state index is 12.4. The first kappa shape index (κ1) is 24.6. The summed E-state index contributed by atoms with van der Waals surface area (Å²) in [4.78, 5) is 26.3. The van der Waals surface area contributed by atoms with Gasteiger partial charge in [-0.3, -0.25) is 4.79 Å². The molecule has 0 radical (unpaired) electrons. The lowest BCUT2D eigenvalue weighted by molar-refractivity contribution is -0.149. The van der Waals surface area contributed by atoms with Crippen molar-refractivity contribution in [1.82, 2.24) is 14.7 Å². The van der Waals surface area contributed by atoms with Crippen LogP contribution < -0.4 is 0 Å². The maximum absolute atomic E-state index is 12.4. The molecule has 172 valence electrons. The van der Waals surface area contributed by atoms with Gasteiger partial charge >= 0.3 is 5.97 Å². The van der Waals surface area contributed by atoms with Crippen molar-refractivity contribution in [3.8, 4) is 0 Å². The van der Waals surface area contributed by atoms with Gasteiger partial charge in [-0.2, -0.15) is 5.10 Å². The Morgan fingerprint density at radius 1 is 1.16 bits per heavy atom. The number of piperidine rings is 1. The summed E-state index contributed by atoms with van der Waals surface area (Å²) in [6.45, 7) is 7.42. The summed E-state index contributed by atoms with van der Waals surface area (Å²) in [6, 6.07) is 5.26. The van der Waals surface area contributed by atoms with Crippen molar-refractivity contribution in [3.05, 3.63) is 56.3 Å². The summed E-state index contributed by atoms with van der Waals surface area (Å²) >= 11 is 19.0. The minimum absolute atomic E-state index is 0.177. The third-order valence-electron chi connectivity index (χ3n) is 5.42. The van der Waals surface area contributed by atoms with Gasteiger partial charge in [-0.05, 0) is 43.4 Å². The van der Waals surface area contributed by atoms with Gasteiger partial charge in [0.25, 0.3) is 5.91 Å². The Morgan fingerprint density at radius 2 is 1.78 bits per heavy atom. The van der Waals surface area contributed by atoms with Crippen molar-refractivity contribution in [2.75, 3.05) is 19.7 Å². The van der Waals surface area contributed by atoms with Gasteiger partial charge in [-0.1, -0.05) is 54.7 Å². The van der Waals surface area contributed by atoms with E-state index in [2.05, 4.69) is 18.9 Å². The zero-order valence-electron chi connectivity index (χ0n) is 18.3. The maximum Gasteiger partial charge on any atom is 0.331 e. The van der Waals surface area contributed by atoms with E-state index in [9.17, 15) is 9.59 Å². The summed E-state index contributed by atoms with van der Waals surface area (Å²) in [6.07, 6.45) is 3.88. The number of amides is 1. The molecule has 0 aliphatic carbocycles. The molecule has 0 spiro atoms. The summed E-state index contributed by atoms with van der Waals surface area (Å²) in [5.74, 6) is 0.0961. The molecule has 2 atom stereocenters. The third kappa shape index (κ3) is 6.06. The van der Waals surface area contributed by atoms with Crippen LogP contribution >= 0.6 is 34.8 Å². The van der Waals surface area contributed by atoms with E-state index >= 15 is 0 Å². The number of carbonyl (C=O) groups excluding carboxylic acids is 2. The monoisotopic (exact) mass is 497 g/mol. The highest BCUT2D eigenvalue weighted by Gasteiger charge is 2.25. The topological polar surface area (TPSA) is 64.4 Å². The fourth-order valence-electron chi connectivity index (χ4n) is 3.98. The summed E-state index contributed by atoms with van der Waals surface area (Å²) in [5.41, 5.74) is 1.92. The van der Waals surface area contributed by atoms with Crippen LogP contribution in [0.4, 0.5) is 0 Å². The molecular weight excluding hydrogens is 473 g/mol. The van der Waals surface area contributed by atoms with Gasteiger partial charge in [0.2, 0.25) is 0 Å². The number of carbonyl (C=O) groups is 2.